The summed E-state index contributed by atoms with van der Waals surface area (Å²) in [5.74, 6) is 0.0930. The van der Waals surface area contributed by atoms with E-state index >= 15 is 0 Å². The van der Waals surface area contributed by atoms with Crippen LogP contribution in [0.4, 0.5) is 0 Å². The number of hydrogen-bond acceptors (Lipinski definition) is 3. The van der Waals surface area contributed by atoms with Crippen molar-refractivity contribution in [1.82, 2.24) is 9.80 Å². The molecule has 0 aliphatic carbocycles. The molecule has 0 unspecified atom stereocenters. The molecule has 1 aliphatic rings. The molecule has 116 valence electrons. The Labute approximate surface area is 127 Å². The molecular formula is C17H27N3O. The number of amides is 1. The van der Waals surface area contributed by atoms with E-state index < -0.39 is 0 Å². The van der Waals surface area contributed by atoms with Crippen molar-refractivity contribution in [1.29, 1.82) is 0 Å². The van der Waals surface area contributed by atoms with Crippen molar-refractivity contribution in [2.24, 2.45) is 5.73 Å². The average molecular weight is 289 g/mol. The maximum atomic E-state index is 12.0. The second-order valence-electron chi connectivity index (χ2n) is 5.75. The molecule has 1 aromatic rings. The molecule has 4 heteroatoms. The summed E-state index contributed by atoms with van der Waals surface area (Å²) in [4.78, 5) is 16.4. The summed E-state index contributed by atoms with van der Waals surface area (Å²) in [7, 11) is 0. The Morgan fingerprint density at radius 1 is 1.33 bits per heavy atom. The van der Waals surface area contributed by atoms with Gasteiger partial charge in [-0.05, 0) is 31.4 Å². The molecule has 1 saturated heterocycles. The third kappa shape index (κ3) is 4.55. The van der Waals surface area contributed by atoms with Crippen LogP contribution in [-0.2, 0) is 11.3 Å². The summed E-state index contributed by atoms with van der Waals surface area (Å²) < 4.78 is 0. The average Bonchev–Trinajstić information content (AvgIpc) is 2.55. The van der Waals surface area contributed by atoms with Crippen molar-refractivity contribution in [3.05, 3.63) is 35.9 Å². The molecule has 0 saturated carbocycles. The number of likely N-dealkylation sites (tertiary alicyclic amines) is 1. The van der Waals surface area contributed by atoms with Gasteiger partial charge >= 0.3 is 0 Å². The van der Waals surface area contributed by atoms with E-state index in [1.807, 2.05) is 11.0 Å². The summed E-state index contributed by atoms with van der Waals surface area (Å²) in [5.41, 5.74) is 6.87. The molecule has 2 N–H and O–H groups in total. The van der Waals surface area contributed by atoms with E-state index in [1.54, 1.807) is 0 Å². The number of benzene rings is 1. The lowest BCUT2D eigenvalue weighted by Crippen LogP contribution is -2.51. The highest BCUT2D eigenvalue weighted by atomic mass is 16.2. The van der Waals surface area contributed by atoms with Gasteiger partial charge in [-0.15, -0.1) is 0 Å². The number of rotatable bonds is 6. The molecule has 1 fully saturated rings. The van der Waals surface area contributed by atoms with E-state index in [4.69, 9.17) is 5.73 Å². The Hall–Kier alpha value is -1.39. The molecule has 1 aliphatic heterocycles. The van der Waals surface area contributed by atoms with Crippen molar-refractivity contribution < 1.29 is 4.79 Å². The first-order valence-corrected chi connectivity index (χ1v) is 8.00. The summed E-state index contributed by atoms with van der Waals surface area (Å²) in [6.45, 7) is 6.05. The Bertz CT molecular complexity index is 435. The van der Waals surface area contributed by atoms with Crippen LogP contribution in [0.15, 0.2) is 30.3 Å². The van der Waals surface area contributed by atoms with E-state index in [2.05, 4.69) is 36.1 Å². The van der Waals surface area contributed by atoms with Crippen LogP contribution in [0, 0.1) is 0 Å². The standard InChI is InChI=1S/C17H27N3O/c1-2-19(13-15-8-4-3-5-9-15)14-16-10-6-7-11-20(16)17(21)12-18/h3-5,8-9,16H,2,6-7,10-14,18H2,1H3/t16-/m0/s1. The highest BCUT2D eigenvalue weighted by Crippen LogP contribution is 2.19. The predicted molar refractivity (Wildman–Crippen MR) is 85.8 cm³/mol. The van der Waals surface area contributed by atoms with E-state index in [-0.39, 0.29) is 12.5 Å². The van der Waals surface area contributed by atoms with E-state index in [1.165, 1.54) is 12.0 Å². The third-order valence-electron chi connectivity index (χ3n) is 4.29. The fraction of sp³-hybridized carbons (Fsp3) is 0.588. The molecule has 0 bridgehead atoms. The lowest BCUT2D eigenvalue weighted by molar-refractivity contribution is -0.133. The number of nitrogens with zero attached hydrogens (tertiary/aromatic N) is 2. The first-order chi connectivity index (χ1) is 10.2. The Morgan fingerprint density at radius 2 is 2.10 bits per heavy atom. The summed E-state index contributed by atoms with van der Waals surface area (Å²) in [5, 5.41) is 0. The summed E-state index contributed by atoms with van der Waals surface area (Å²) >= 11 is 0. The molecule has 1 heterocycles. The number of carbonyl (C=O) groups is 1. The molecule has 0 radical (unpaired) electrons. The maximum Gasteiger partial charge on any atom is 0.236 e. The number of carbonyl (C=O) groups excluding carboxylic acids is 1. The molecule has 1 atom stereocenters. The van der Waals surface area contributed by atoms with Crippen LogP contribution in [0.25, 0.3) is 0 Å². The van der Waals surface area contributed by atoms with Gasteiger partial charge in [0, 0.05) is 25.7 Å². The number of piperidine rings is 1. The van der Waals surface area contributed by atoms with Crippen LogP contribution < -0.4 is 5.73 Å². The van der Waals surface area contributed by atoms with Crippen LogP contribution in [-0.4, -0.2) is 47.9 Å². The smallest absolute Gasteiger partial charge is 0.236 e. The summed E-state index contributed by atoms with van der Waals surface area (Å²) in [6.07, 6.45) is 3.41. The second-order valence-corrected chi connectivity index (χ2v) is 5.75. The van der Waals surface area contributed by atoms with Crippen LogP contribution in [0.5, 0.6) is 0 Å². The maximum absolute atomic E-state index is 12.0. The van der Waals surface area contributed by atoms with Crippen molar-refractivity contribution in [2.45, 2.75) is 38.8 Å². The van der Waals surface area contributed by atoms with Gasteiger partial charge in [0.05, 0.1) is 6.54 Å². The van der Waals surface area contributed by atoms with E-state index in [9.17, 15) is 4.79 Å². The fourth-order valence-corrected chi connectivity index (χ4v) is 3.08. The minimum atomic E-state index is 0.0930. The van der Waals surface area contributed by atoms with Gasteiger partial charge in [0.15, 0.2) is 0 Å². The lowest BCUT2D eigenvalue weighted by atomic mass is 10.0. The van der Waals surface area contributed by atoms with Crippen molar-refractivity contribution in [3.8, 4) is 0 Å². The molecule has 2 rings (SSSR count). The van der Waals surface area contributed by atoms with Crippen LogP contribution in [0.1, 0.15) is 31.7 Å². The first-order valence-electron chi connectivity index (χ1n) is 8.00. The number of likely N-dealkylation sites (N-methyl/N-ethyl adjacent to an activating group) is 1. The Morgan fingerprint density at radius 3 is 2.76 bits per heavy atom. The van der Waals surface area contributed by atoms with Crippen molar-refractivity contribution >= 4 is 5.91 Å². The number of nitrogens with two attached hydrogens (primary N) is 1. The fourth-order valence-electron chi connectivity index (χ4n) is 3.08. The van der Waals surface area contributed by atoms with Crippen LogP contribution in [0.2, 0.25) is 0 Å². The molecule has 0 aromatic heterocycles. The predicted octanol–water partition coefficient (Wildman–Crippen LogP) is 1.85. The molecule has 1 aromatic carbocycles. The van der Waals surface area contributed by atoms with Gasteiger partial charge in [-0.2, -0.15) is 0 Å². The lowest BCUT2D eigenvalue weighted by Gasteiger charge is -2.38. The Kier molecular flexibility index (Phi) is 6.21. The minimum absolute atomic E-state index is 0.0930. The van der Waals surface area contributed by atoms with Gasteiger partial charge in [-0.25, -0.2) is 0 Å². The molecule has 4 nitrogen and oxygen atoms in total. The summed E-state index contributed by atoms with van der Waals surface area (Å²) in [6, 6.07) is 10.8. The third-order valence-corrected chi connectivity index (χ3v) is 4.29. The quantitative estimate of drug-likeness (QED) is 0.869. The topological polar surface area (TPSA) is 49.6 Å². The van der Waals surface area contributed by atoms with Crippen molar-refractivity contribution in [2.75, 3.05) is 26.2 Å². The van der Waals surface area contributed by atoms with E-state index in [0.29, 0.717) is 6.04 Å². The van der Waals surface area contributed by atoms with Crippen LogP contribution >= 0.6 is 0 Å². The van der Waals surface area contributed by atoms with E-state index in [0.717, 1.165) is 39.0 Å². The van der Waals surface area contributed by atoms with Gasteiger partial charge in [-0.1, -0.05) is 37.3 Å². The zero-order valence-corrected chi connectivity index (χ0v) is 13.0. The molecule has 21 heavy (non-hydrogen) atoms. The normalized spacial score (nSPS) is 19.0. The first kappa shape index (κ1) is 16.0. The van der Waals surface area contributed by atoms with Gasteiger partial charge in [0.2, 0.25) is 5.91 Å². The van der Waals surface area contributed by atoms with Gasteiger partial charge in [0.1, 0.15) is 0 Å². The molecule has 0 spiro atoms. The van der Waals surface area contributed by atoms with Crippen molar-refractivity contribution in [3.63, 3.8) is 0 Å². The SMILES string of the molecule is CCN(Cc1ccccc1)C[C@@H]1CCCCN1C(=O)CN. The monoisotopic (exact) mass is 289 g/mol. The van der Waals surface area contributed by atoms with Gasteiger partial charge in [0.25, 0.3) is 0 Å². The zero-order valence-electron chi connectivity index (χ0n) is 13.0. The second kappa shape index (κ2) is 8.15. The highest BCUT2D eigenvalue weighted by molar-refractivity contribution is 5.78. The Balaban J connectivity index is 1.97. The zero-order chi connectivity index (χ0) is 15.1. The molecular weight excluding hydrogens is 262 g/mol. The number of hydrogen-bond donors (Lipinski definition) is 1. The minimum Gasteiger partial charge on any atom is -0.337 e. The highest BCUT2D eigenvalue weighted by Gasteiger charge is 2.27. The van der Waals surface area contributed by atoms with Gasteiger partial charge in [-0.3, -0.25) is 9.69 Å². The molecule has 1 amide bonds. The van der Waals surface area contributed by atoms with Gasteiger partial charge < -0.3 is 10.6 Å². The largest absolute Gasteiger partial charge is 0.337 e. The van der Waals surface area contributed by atoms with Crippen LogP contribution in [0.3, 0.4) is 0 Å².